The number of hydrogen-bond acceptors (Lipinski definition) is 4. The van der Waals surface area contributed by atoms with Crippen LogP contribution in [-0.4, -0.2) is 30.5 Å². The molecule has 1 saturated carbocycles. The number of rotatable bonds is 7. The molecule has 0 spiro atoms. The molecule has 1 aromatic rings. The van der Waals surface area contributed by atoms with Crippen molar-refractivity contribution < 1.29 is 14.3 Å². The lowest BCUT2D eigenvalue weighted by Gasteiger charge is -2.53. The molecule has 0 aromatic carbocycles. The van der Waals surface area contributed by atoms with Gasteiger partial charge in [-0.05, 0) is 24.5 Å². The van der Waals surface area contributed by atoms with Gasteiger partial charge in [-0.1, -0.05) is 27.7 Å². The summed E-state index contributed by atoms with van der Waals surface area (Å²) in [5.41, 5.74) is 0.0783. The molecule has 2 N–H and O–H groups in total. The highest BCUT2D eigenvalue weighted by atomic mass is 16.5. The van der Waals surface area contributed by atoms with Gasteiger partial charge in [-0.15, -0.1) is 0 Å². The second kappa shape index (κ2) is 6.29. The van der Waals surface area contributed by atoms with Gasteiger partial charge in [0.25, 0.3) is 0 Å². The lowest BCUT2D eigenvalue weighted by atomic mass is 9.64. The molecule has 20 heavy (non-hydrogen) atoms. The van der Waals surface area contributed by atoms with Gasteiger partial charge in [0, 0.05) is 18.1 Å². The van der Waals surface area contributed by atoms with Crippen molar-refractivity contribution >= 4 is 0 Å². The van der Waals surface area contributed by atoms with Gasteiger partial charge in [-0.25, -0.2) is 0 Å². The zero-order valence-electron chi connectivity index (χ0n) is 12.9. The van der Waals surface area contributed by atoms with Gasteiger partial charge in [0.05, 0.1) is 25.0 Å². The van der Waals surface area contributed by atoms with E-state index in [1.165, 1.54) is 0 Å². The van der Waals surface area contributed by atoms with Gasteiger partial charge in [0.15, 0.2) is 0 Å². The minimum Gasteiger partial charge on any atom is -0.468 e. The third kappa shape index (κ3) is 3.25. The van der Waals surface area contributed by atoms with E-state index in [1.807, 2.05) is 12.1 Å². The van der Waals surface area contributed by atoms with Crippen LogP contribution in [0.15, 0.2) is 22.8 Å². The van der Waals surface area contributed by atoms with Gasteiger partial charge < -0.3 is 19.6 Å². The molecule has 0 radical (unpaired) electrons. The van der Waals surface area contributed by atoms with E-state index in [4.69, 9.17) is 9.15 Å². The summed E-state index contributed by atoms with van der Waals surface area (Å²) in [7, 11) is 0. The molecule has 0 aliphatic heterocycles. The molecule has 0 amide bonds. The first-order valence-corrected chi connectivity index (χ1v) is 7.47. The van der Waals surface area contributed by atoms with Crippen LogP contribution < -0.4 is 5.32 Å². The second-order valence-electron chi connectivity index (χ2n) is 6.74. The van der Waals surface area contributed by atoms with Crippen LogP contribution in [0.5, 0.6) is 0 Å². The minimum atomic E-state index is -0.139. The van der Waals surface area contributed by atoms with Crippen LogP contribution in [0.2, 0.25) is 0 Å². The lowest BCUT2D eigenvalue weighted by Crippen LogP contribution is -2.61. The van der Waals surface area contributed by atoms with Crippen molar-refractivity contribution in [1.29, 1.82) is 0 Å². The zero-order valence-corrected chi connectivity index (χ0v) is 12.9. The number of furan rings is 1. The van der Waals surface area contributed by atoms with Gasteiger partial charge >= 0.3 is 0 Å². The third-order valence-electron chi connectivity index (χ3n) is 4.28. The van der Waals surface area contributed by atoms with Crippen LogP contribution in [0, 0.1) is 11.3 Å². The predicted octanol–water partition coefficient (Wildman–Crippen LogP) is 2.74. The Bertz CT molecular complexity index is 400. The number of aliphatic hydroxyl groups excluding tert-OH is 1. The Morgan fingerprint density at radius 3 is 2.75 bits per heavy atom. The van der Waals surface area contributed by atoms with Crippen LogP contribution in [0.25, 0.3) is 0 Å². The maximum absolute atomic E-state index is 9.52. The molecule has 4 nitrogen and oxygen atoms in total. The molecule has 114 valence electrons. The summed E-state index contributed by atoms with van der Waals surface area (Å²) >= 11 is 0. The number of hydrogen-bond donors (Lipinski definition) is 2. The Labute approximate surface area is 121 Å². The van der Waals surface area contributed by atoms with E-state index in [9.17, 15) is 5.11 Å². The number of aliphatic hydroxyl groups is 1. The van der Waals surface area contributed by atoms with Crippen LogP contribution in [-0.2, 0) is 4.74 Å². The zero-order chi connectivity index (χ0) is 14.8. The monoisotopic (exact) mass is 281 g/mol. The van der Waals surface area contributed by atoms with E-state index >= 15 is 0 Å². The van der Waals surface area contributed by atoms with E-state index < -0.39 is 0 Å². The summed E-state index contributed by atoms with van der Waals surface area (Å²) in [5, 5.41) is 13.0. The minimum absolute atomic E-state index is 0.0393. The molecule has 3 atom stereocenters. The molecular formula is C16H27NO3. The van der Waals surface area contributed by atoms with Crippen molar-refractivity contribution in [3.8, 4) is 0 Å². The SMILES string of the molecule is CC(C)COC1CC(NC(CO)c2ccco2)C1(C)C. The molecule has 0 saturated heterocycles. The summed E-state index contributed by atoms with van der Waals surface area (Å²) in [6.07, 6.45) is 2.91. The van der Waals surface area contributed by atoms with E-state index in [1.54, 1.807) is 6.26 Å². The molecule has 1 heterocycles. The molecule has 1 aliphatic carbocycles. The van der Waals surface area contributed by atoms with Gasteiger partial charge in [-0.2, -0.15) is 0 Å². The van der Waals surface area contributed by atoms with E-state index in [0.29, 0.717) is 18.1 Å². The lowest BCUT2D eigenvalue weighted by molar-refractivity contribution is -0.127. The Hall–Kier alpha value is -0.840. The average molecular weight is 281 g/mol. The number of nitrogens with one attached hydrogen (secondary N) is 1. The normalized spacial score (nSPS) is 26.5. The summed E-state index contributed by atoms with van der Waals surface area (Å²) < 4.78 is 11.3. The van der Waals surface area contributed by atoms with E-state index in [-0.39, 0.29) is 18.1 Å². The first-order chi connectivity index (χ1) is 9.45. The predicted molar refractivity (Wildman–Crippen MR) is 78.4 cm³/mol. The van der Waals surface area contributed by atoms with Crippen molar-refractivity contribution in [1.82, 2.24) is 5.32 Å². The Balaban J connectivity index is 1.88. The third-order valence-corrected chi connectivity index (χ3v) is 4.28. The van der Waals surface area contributed by atoms with Gasteiger partial charge in [-0.3, -0.25) is 0 Å². The molecule has 1 aromatic heterocycles. The van der Waals surface area contributed by atoms with E-state index in [0.717, 1.165) is 18.8 Å². The fourth-order valence-corrected chi connectivity index (χ4v) is 2.72. The molecule has 1 aliphatic rings. The van der Waals surface area contributed by atoms with Crippen molar-refractivity contribution in [2.24, 2.45) is 11.3 Å². The highest BCUT2D eigenvalue weighted by Gasteiger charge is 2.49. The summed E-state index contributed by atoms with van der Waals surface area (Å²) in [4.78, 5) is 0. The topological polar surface area (TPSA) is 54.6 Å². The van der Waals surface area contributed by atoms with Crippen molar-refractivity contribution in [3.63, 3.8) is 0 Å². The smallest absolute Gasteiger partial charge is 0.123 e. The standard InChI is InChI=1S/C16H27NO3/c1-11(2)10-20-15-8-14(16(15,3)4)17-12(9-18)13-6-5-7-19-13/h5-7,11-12,14-15,17-18H,8-10H2,1-4H3. The van der Waals surface area contributed by atoms with Crippen LogP contribution >= 0.6 is 0 Å². The molecule has 1 fully saturated rings. The van der Waals surface area contributed by atoms with Crippen LogP contribution in [0.3, 0.4) is 0 Å². The maximum Gasteiger partial charge on any atom is 0.123 e. The fraction of sp³-hybridized carbons (Fsp3) is 0.750. The van der Waals surface area contributed by atoms with Gasteiger partial charge in [0.2, 0.25) is 0 Å². The summed E-state index contributed by atoms with van der Waals surface area (Å²) in [6, 6.07) is 3.94. The summed E-state index contributed by atoms with van der Waals surface area (Å²) in [6.45, 7) is 9.62. The first-order valence-electron chi connectivity index (χ1n) is 7.47. The molecule has 2 rings (SSSR count). The Morgan fingerprint density at radius 2 is 2.25 bits per heavy atom. The second-order valence-corrected chi connectivity index (χ2v) is 6.74. The highest BCUT2D eigenvalue weighted by molar-refractivity contribution is 5.09. The van der Waals surface area contributed by atoms with E-state index in [2.05, 4.69) is 33.0 Å². The molecule has 0 bridgehead atoms. The van der Waals surface area contributed by atoms with Crippen molar-refractivity contribution in [2.45, 2.75) is 52.3 Å². The molecule has 4 heteroatoms. The molecule has 3 unspecified atom stereocenters. The fourth-order valence-electron chi connectivity index (χ4n) is 2.72. The van der Waals surface area contributed by atoms with Crippen LogP contribution in [0.4, 0.5) is 0 Å². The quantitative estimate of drug-likeness (QED) is 0.807. The van der Waals surface area contributed by atoms with Crippen LogP contribution in [0.1, 0.15) is 45.9 Å². The largest absolute Gasteiger partial charge is 0.468 e. The molecular weight excluding hydrogens is 254 g/mol. The maximum atomic E-state index is 9.52. The summed E-state index contributed by atoms with van der Waals surface area (Å²) in [5.74, 6) is 1.35. The average Bonchev–Trinajstić information content (AvgIpc) is 2.90. The highest BCUT2D eigenvalue weighted by Crippen LogP contribution is 2.43. The van der Waals surface area contributed by atoms with Gasteiger partial charge in [0.1, 0.15) is 5.76 Å². The van der Waals surface area contributed by atoms with Crippen molar-refractivity contribution in [2.75, 3.05) is 13.2 Å². The van der Waals surface area contributed by atoms with Crippen molar-refractivity contribution in [3.05, 3.63) is 24.2 Å². The first kappa shape index (κ1) is 15.5. The number of ether oxygens (including phenoxy) is 1. The Morgan fingerprint density at radius 1 is 1.50 bits per heavy atom. The Kier molecular flexibility index (Phi) is 4.89.